The van der Waals surface area contributed by atoms with Gasteiger partial charge < -0.3 is 9.88 Å². The third kappa shape index (κ3) is 3.67. The van der Waals surface area contributed by atoms with Crippen molar-refractivity contribution in [3.63, 3.8) is 0 Å². The Morgan fingerprint density at radius 2 is 1.83 bits per heavy atom. The second-order valence-corrected chi connectivity index (χ2v) is 7.51. The first-order valence-electron chi connectivity index (χ1n) is 9.28. The van der Waals surface area contributed by atoms with Gasteiger partial charge in [0.1, 0.15) is 0 Å². The third-order valence-corrected chi connectivity index (χ3v) is 5.07. The van der Waals surface area contributed by atoms with Gasteiger partial charge in [-0.3, -0.25) is 24.2 Å². The van der Waals surface area contributed by atoms with Crippen molar-refractivity contribution in [1.29, 1.82) is 0 Å². The van der Waals surface area contributed by atoms with E-state index in [0.29, 0.717) is 32.9 Å². The molecule has 30 heavy (non-hydrogen) atoms. The minimum Gasteiger partial charge on any atom is -0.326 e. The van der Waals surface area contributed by atoms with Crippen molar-refractivity contribution in [2.45, 2.75) is 13.5 Å². The van der Waals surface area contributed by atoms with Crippen LogP contribution in [0.2, 0.25) is 5.02 Å². The largest absolute Gasteiger partial charge is 0.326 e. The number of carbonyl (C=O) groups excluding carboxylic acids is 1. The number of fused-ring (bicyclic) bond motifs is 1. The van der Waals surface area contributed by atoms with Gasteiger partial charge >= 0.3 is 0 Å². The fraction of sp³-hybridized carbons (Fsp3) is 0.136. The van der Waals surface area contributed by atoms with E-state index in [1.165, 1.54) is 17.7 Å². The summed E-state index contributed by atoms with van der Waals surface area (Å²) >= 11 is 6.04. The molecule has 0 saturated carbocycles. The zero-order valence-corrected chi connectivity index (χ0v) is 17.2. The van der Waals surface area contributed by atoms with E-state index >= 15 is 0 Å². The maximum absolute atomic E-state index is 13.0. The molecule has 2 aromatic carbocycles. The van der Waals surface area contributed by atoms with E-state index in [0.717, 1.165) is 5.56 Å². The molecule has 4 rings (SSSR count). The molecule has 8 heteroatoms. The van der Waals surface area contributed by atoms with Crippen LogP contribution < -0.4 is 16.4 Å². The number of hydrogen-bond donors (Lipinski definition) is 2. The van der Waals surface area contributed by atoms with Gasteiger partial charge in [0.25, 0.3) is 11.1 Å². The summed E-state index contributed by atoms with van der Waals surface area (Å²) in [5.41, 5.74) is 2.67. The van der Waals surface area contributed by atoms with E-state index in [-0.39, 0.29) is 23.6 Å². The zero-order valence-electron chi connectivity index (χ0n) is 16.4. The van der Waals surface area contributed by atoms with Crippen LogP contribution in [0, 0.1) is 0 Å². The molecule has 2 aromatic heterocycles. The molecule has 7 nitrogen and oxygen atoms in total. The Kier molecular flexibility index (Phi) is 5.05. The topological polar surface area (TPSA) is 88.9 Å². The lowest BCUT2D eigenvalue weighted by Crippen LogP contribution is -2.23. The van der Waals surface area contributed by atoms with Crippen LogP contribution in [0.4, 0.5) is 5.69 Å². The average Bonchev–Trinajstić information content (AvgIpc) is 2.96. The number of nitrogens with zero attached hydrogens (tertiary/aromatic N) is 2. The van der Waals surface area contributed by atoms with Crippen LogP contribution in [0.5, 0.6) is 0 Å². The predicted molar refractivity (Wildman–Crippen MR) is 118 cm³/mol. The molecule has 0 aliphatic rings. The molecule has 2 heterocycles. The summed E-state index contributed by atoms with van der Waals surface area (Å²) in [6, 6.07) is 15.7. The fourth-order valence-electron chi connectivity index (χ4n) is 3.55. The van der Waals surface area contributed by atoms with Crippen molar-refractivity contribution in [3.8, 4) is 11.3 Å². The molecular formula is C22H19ClN4O3. The molecule has 4 aromatic rings. The van der Waals surface area contributed by atoms with E-state index in [1.54, 1.807) is 48.0 Å². The molecular weight excluding hydrogens is 404 g/mol. The van der Waals surface area contributed by atoms with Gasteiger partial charge in [-0.25, -0.2) is 0 Å². The summed E-state index contributed by atoms with van der Waals surface area (Å²) in [4.78, 5) is 37.2. The first kappa shape index (κ1) is 19.7. The van der Waals surface area contributed by atoms with Gasteiger partial charge in [-0.1, -0.05) is 35.9 Å². The lowest BCUT2D eigenvalue weighted by atomic mass is 10.1. The molecule has 1 amide bonds. The van der Waals surface area contributed by atoms with Crippen molar-refractivity contribution in [2.24, 2.45) is 7.05 Å². The standard InChI is InChI=1S/C22H19ClN4O3/c1-13(28)24-17-5-3-4-14(10-17)12-27-19(29)11-18-20(22(30)26(2)25-18)21(27)15-6-8-16(23)9-7-15/h3-11,25H,12H2,1-2H3,(H,24,28). The van der Waals surface area contributed by atoms with E-state index < -0.39 is 0 Å². The fourth-order valence-corrected chi connectivity index (χ4v) is 3.67. The number of aromatic amines is 1. The maximum Gasteiger partial charge on any atom is 0.276 e. The summed E-state index contributed by atoms with van der Waals surface area (Å²) < 4.78 is 2.92. The number of rotatable bonds is 4. The minimum absolute atomic E-state index is 0.177. The summed E-state index contributed by atoms with van der Waals surface area (Å²) in [7, 11) is 1.61. The quantitative estimate of drug-likeness (QED) is 0.528. The summed E-state index contributed by atoms with van der Waals surface area (Å²) in [6.45, 7) is 1.67. The van der Waals surface area contributed by atoms with Crippen molar-refractivity contribution >= 4 is 34.1 Å². The summed E-state index contributed by atoms with van der Waals surface area (Å²) in [5.74, 6) is -0.177. The third-order valence-electron chi connectivity index (χ3n) is 4.82. The molecule has 0 aliphatic carbocycles. The molecule has 0 fully saturated rings. The van der Waals surface area contributed by atoms with Gasteiger partial charge in [0.2, 0.25) is 5.91 Å². The number of nitrogens with one attached hydrogen (secondary N) is 2. The Hall–Kier alpha value is -3.58. The van der Waals surface area contributed by atoms with Gasteiger partial charge in [0.05, 0.1) is 23.1 Å². The Morgan fingerprint density at radius 3 is 2.53 bits per heavy atom. The Balaban J connectivity index is 1.94. The molecule has 2 N–H and O–H groups in total. The number of anilines is 1. The highest BCUT2D eigenvalue weighted by Crippen LogP contribution is 2.27. The van der Waals surface area contributed by atoms with Crippen molar-refractivity contribution in [2.75, 3.05) is 5.32 Å². The monoisotopic (exact) mass is 422 g/mol. The highest BCUT2D eigenvalue weighted by Gasteiger charge is 2.18. The second kappa shape index (κ2) is 7.68. The smallest absolute Gasteiger partial charge is 0.276 e. The van der Waals surface area contributed by atoms with Gasteiger partial charge in [0, 0.05) is 30.7 Å². The number of halogens is 1. The molecule has 0 unspecified atom stereocenters. The maximum atomic E-state index is 13.0. The number of hydrogen-bond acceptors (Lipinski definition) is 3. The van der Waals surface area contributed by atoms with E-state index in [4.69, 9.17) is 11.6 Å². The first-order valence-corrected chi connectivity index (χ1v) is 9.66. The molecule has 0 bridgehead atoms. The predicted octanol–water partition coefficient (Wildman–Crippen LogP) is 3.36. The highest BCUT2D eigenvalue weighted by atomic mass is 35.5. The van der Waals surface area contributed by atoms with E-state index in [1.807, 2.05) is 12.1 Å². The van der Waals surface area contributed by atoms with Crippen LogP contribution in [-0.2, 0) is 18.4 Å². The number of amides is 1. The SMILES string of the molecule is CC(=O)Nc1cccc(Cn2c(-c3ccc(Cl)cc3)c3c(=O)n(C)[nH]c3cc2=O)c1. The van der Waals surface area contributed by atoms with E-state index in [2.05, 4.69) is 10.4 Å². The lowest BCUT2D eigenvalue weighted by molar-refractivity contribution is -0.114. The first-order chi connectivity index (χ1) is 14.3. The highest BCUT2D eigenvalue weighted by molar-refractivity contribution is 6.30. The Labute approximate surface area is 176 Å². The summed E-state index contributed by atoms with van der Waals surface area (Å²) in [6.07, 6.45) is 0. The van der Waals surface area contributed by atoms with Crippen LogP contribution in [0.25, 0.3) is 22.2 Å². The lowest BCUT2D eigenvalue weighted by Gasteiger charge is -2.15. The Morgan fingerprint density at radius 1 is 1.10 bits per heavy atom. The van der Waals surface area contributed by atoms with Crippen LogP contribution in [0.15, 0.2) is 64.2 Å². The van der Waals surface area contributed by atoms with Crippen LogP contribution >= 0.6 is 11.6 Å². The van der Waals surface area contributed by atoms with Gasteiger partial charge in [-0.2, -0.15) is 0 Å². The number of H-pyrrole nitrogens is 1. The second-order valence-electron chi connectivity index (χ2n) is 7.07. The average molecular weight is 423 g/mol. The van der Waals surface area contributed by atoms with Gasteiger partial charge in [0.15, 0.2) is 0 Å². The number of benzene rings is 2. The number of pyridine rings is 1. The van der Waals surface area contributed by atoms with E-state index in [9.17, 15) is 14.4 Å². The van der Waals surface area contributed by atoms with Crippen LogP contribution in [0.1, 0.15) is 12.5 Å². The molecule has 152 valence electrons. The van der Waals surface area contributed by atoms with Crippen LogP contribution in [0.3, 0.4) is 0 Å². The molecule has 0 aliphatic heterocycles. The van der Waals surface area contributed by atoms with Gasteiger partial charge in [-0.05, 0) is 35.4 Å². The normalized spacial score (nSPS) is 11.0. The summed E-state index contributed by atoms with van der Waals surface area (Å²) in [5, 5.41) is 6.66. The van der Waals surface area contributed by atoms with Crippen molar-refractivity contribution in [1.82, 2.24) is 14.3 Å². The number of carbonyl (C=O) groups is 1. The molecule has 0 radical (unpaired) electrons. The molecule has 0 spiro atoms. The molecule has 0 atom stereocenters. The Bertz CT molecular complexity index is 1380. The van der Waals surface area contributed by atoms with Gasteiger partial charge in [-0.15, -0.1) is 0 Å². The number of aryl methyl sites for hydroxylation is 1. The van der Waals surface area contributed by atoms with Crippen molar-refractivity contribution in [3.05, 3.63) is 85.9 Å². The van der Waals surface area contributed by atoms with Crippen LogP contribution in [-0.4, -0.2) is 20.3 Å². The zero-order chi connectivity index (χ0) is 21.4. The van der Waals surface area contributed by atoms with Crippen molar-refractivity contribution < 1.29 is 4.79 Å². The number of aromatic nitrogens is 3. The minimum atomic E-state index is -0.251. The molecule has 0 saturated heterocycles.